The van der Waals surface area contributed by atoms with Crippen LogP contribution in [-0.2, 0) is 17.4 Å². The van der Waals surface area contributed by atoms with Crippen molar-refractivity contribution in [1.82, 2.24) is 9.66 Å². The number of hydrogen-bond donors (Lipinski definition) is 1. The molecule has 1 saturated carbocycles. The first kappa shape index (κ1) is 22.6. The number of nitrogens with zero attached hydrogens (tertiary/aromatic N) is 2. The second-order valence-electron chi connectivity index (χ2n) is 7.52. The molecule has 0 saturated heterocycles. The van der Waals surface area contributed by atoms with E-state index in [1.807, 2.05) is 0 Å². The van der Waals surface area contributed by atoms with E-state index in [0.717, 1.165) is 35.0 Å². The summed E-state index contributed by atoms with van der Waals surface area (Å²) in [6.07, 6.45) is -8.59. The van der Waals surface area contributed by atoms with Crippen molar-refractivity contribution in [2.45, 2.75) is 37.7 Å². The van der Waals surface area contributed by atoms with Gasteiger partial charge >= 0.3 is 12.5 Å². The van der Waals surface area contributed by atoms with Crippen molar-refractivity contribution in [1.29, 1.82) is 0 Å². The molecule has 6 nitrogen and oxygen atoms in total. The maximum absolute atomic E-state index is 13.0. The highest BCUT2D eigenvalue weighted by Gasteiger charge is 2.33. The number of amides is 1. The summed E-state index contributed by atoms with van der Waals surface area (Å²) < 4.78 is 81.0. The summed E-state index contributed by atoms with van der Waals surface area (Å²) in [4.78, 5) is 29.7. The van der Waals surface area contributed by atoms with E-state index in [2.05, 4.69) is 15.1 Å². The highest BCUT2D eigenvalue weighted by atomic mass is 19.4. The number of alkyl halides is 6. The summed E-state index contributed by atoms with van der Waals surface area (Å²) in [7, 11) is 0. The Bertz CT molecular complexity index is 1280. The predicted octanol–water partition coefficient (Wildman–Crippen LogP) is 4.50. The Morgan fingerprint density at radius 1 is 1.09 bits per heavy atom. The monoisotopic (exact) mass is 471 g/mol. The fourth-order valence-electron chi connectivity index (χ4n) is 3.30. The van der Waals surface area contributed by atoms with Crippen LogP contribution in [0.5, 0.6) is 5.75 Å². The number of aromatic nitrogens is 2. The molecule has 1 heterocycles. The van der Waals surface area contributed by atoms with E-state index in [0.29, 0.717) is 12.8 Å². The van der Waals surface area contributed by atoms with Crippen LogP contribution in [0, 0.1) is 0 Å². The molecule has 12 heteroatoms. The third-order valence-electron chi connectivity index (χ3n) is 4.90. The lowest BCUT2D eigenvalue weighted by atomic mass is 10.1. The minimum Gasteiger partial charge on any atom is -0.406 e. The molecule has 0 radical (unpaired) electrons. The van der Waals surface area contributed by atoms with E-state index >= 15 is 0 Å². The Kier molecular flexibility index (Phi) is 5.54. The number of rotatable bonds is 5. The fourth-order valence-corrected chi connectivity index (χ4v) is 3.30. The quantitative estimate of drug-likeness (QED) is 0.556. The van der Waals surface area contributed by atoms with Gasteiger partial charge in [-0.2, -0.15) is 13.2 Å². The number of benzene rings is 2. The van der Waals surface area contributed by atoms with Crippen LogP contribution in [0.1, 0.15) is 35.7 Å². The molecule has 0 aliphatic heterocycles. The molecule has 1 amide bonds. The van der Waals surface area contributed by atoms with Crippen LogP contribution in [0.3, 0.4) is 0 Å². The van der Waals surface area contributed by atoms with Crippen molar-refractivity contribution in [3.8, 4) is 5.75 Å². The molecule has 1 fully saturated rings. The maximum atomic E-state index is 13.0. The van der Waals surface area contributed by atoms with Crippen molar-refractivity contribution in [2.75, 3.05) is 5.43 Å². The minimum atomic E-state index is -4.89. The van der Waals surface area contributed by atoms with Crippen molar-refractivity contribution >= 4 is 16.8 Å². The van der Waals surface area contributed by atoms with Gasteiger partial charge in [0, 0.05) is 5.92 Å². The maximum Gasteiger partial charge on any atom is 0.573 e. The smallest absolute Gasteiger partial charge is 0.406 e. The molecule has 1 N–H and O–H groups in total. The Hall–Kier alpha value is -3.57. The van der Waals surface area contributed by atoms with Crippen molar-refractivity contribution in [3.63, 3.8) is 0 Å². The minimum absolute atomic E-state index is 0.117. The van der Waals surface area contributed by atoms with Gasteiger partial charge in [0.15, 0.2) is 0 Å². The molecule has 3 aromatic rings. The summed E-state index contributed by atoms with van der Waals surface area (Å²) in [5.41, 5.74) is 0.720. The molecule has 1 aromatic heterocycles. The van der Waals surface area contributed by atoms with E-state index in [1.54, 1.807) is 0 Å². The van der Waals surface area contributed by atoms with Crippen molar-refractivity contribution in [3.05, 3.63) is 69.8 Å². The lowest BCUT2D eigenvalue weighted by Crippen LogP contribution is -2.37. The van der Waals surface area contributed by atoms with E-state index in [9.17, 15) is 35.9 Å². The van der Waals surface area contributed by atoms with Gasteiger partial charge in [-0.3, -0.25) is 15.0 Å². The summed E-state index contributed by atoms with van der Waals surface area (Å²) in [6, 6.07) is 7.32. The molecule has 0 bridgehead atoms. The molecule has 0 atom stereocenters. The third kappa shape index (κ3) is 5.26. The Morgan fingerprint density at radius 2 is 1.82 bits per heavy atom. The van der Waals surface area contributed by atoms with Gasteiger partial charge in [-0.1, -0.05) is 12.1 Å². The second kappa shape index (κ2) is 8.09. The van der Waals surface area contributed by atoms with E-state index in [-0.39, 0.29) is 34.6 Å². The van der Waals surface area contributed by atoms with Gasteiger partial charge in [0.05, 0.1) is 22.9 Å². The molecule has 4 rings (SSSR count). The molecule has 0 unspecified atom stereocenters. The lowest BCUT2D eigenvalue weighted by Gasteiger charge is -2.15. The number of ether oxygens (including phenoxy) is 1. The first-order valence-corrected chi connectivity index (χ1v) is 9.69. The summed E-state index contributed by atoms with van der Waals surface area (Å²) in [5, 5.41) is -0.117. The zero-order valence-corrected chi connectivity index (χ0v) is 16.6. The van der Waals surface area contributed by atoms with Crippen LogP contribution in [0.4, 0.5) is 26.3 Å². The first-order valence-electron chi connectivity index (χ1n) is 9.69. The largest absolute Gasteiger partial charge is 0.573 e. The van der Waals surface area contributed by atoms with E-state index in [4.69, 9.17) is 0 Å². The zero-order valence-electron chi connectivity index (χ0n) is 16.6. The molecule has 1 aliphatic carbocycles. The standard InChI is InChI=1S/C21H15F6N3O3/c22-20(23,24)13-6-7-15-16(10-13)28-18(12-4-5-12)30(19(15)32)29-17(31)9-11-2-1-3-14(8-11)33-21(25,26)27/h1-3,6-8,10,12H,4-5,9H2,(H,29,31). The molecule has 2 aromatic carbocycles. The van der Waals surface area contributed by atoms with Gasteiger partial charge in [0.25, 0.3) is 5.56 Å². The number of carbonyl (C=O) groups is 1. The van der Waals surface area contributed by atoms with Gasteiger partial charge in [0.2, 0.25) is 5.91 Å². The fraction of sp³-hybridized carbons (Fsp3) is 0.286. The van der Waals surface area contributed by atoms with Gasteiger partial charge in [-0.25, -0.2) is 9.66 Å². The Labute approximate surface area is 181 Å². The number of nitrogens with one attached hydrogen (secondary N) is 1. The van der Waals surface area contributed by atoms with Gasteiger partial charge in [-0.15, -0.1) is 13.2 Å². The van der Waals surface area contributed by atoms with Crippen LogP contribution >= 0.6 is 0 Å². The van der Waals surface area contributed by atoms with Crippen LogP contribution in [-0.4, -0.2) is 21.9 Å². The number of fused-ring (bicyclic) bond motifs is 1. The summed E-state index contributed by atoms with van der Waals surface area (Å²) in [5.74, 6) is -1.32. The average Bonchev–Trinajstić information content (AvgIpc) is 3.53. The van der Waals surface area contributed by atoms with Gasteiger partial charge < -0.3 is 4.74 Å². The van der Waals surface area contributed by atoms with Crippen molar-refractivity contribution < 1.29 is 35.9 Å². The van der Waals surface area contributed by atoms with Crippen LogP contribution < -0.4 is 15.7 Å². The van der Waals surface area contributed by atoms with Gasteiger partial charge in [-0.05, 0) is 48.7 Å². The lowest BCUT2D eigenvalue weighted by molar-refractivity contribution is -0.274. The summed E-state index contributed by atoms with van der Waals surface area (Å²) >= 11 is 0. The molecule has 174 valence electrons. The second-order valence-corrected chi connectivity index (χ2v) is 7.52. The van der Waals surface area contributed by atoms with Crippen LogP contribution in [0.2, 0.25) is 0 Å². The topological polar surface area (TPSA) is 73.2 Å². The van der Waals surface area contributed by atoms with Crippen LogP contribution in [0.15, 0.2) is 47.3 Å². The normalized spacial score (nSPS) is 14.4. The predicted molar refractivity (Wildman–Crippen MR) is 104 cm³/mol. The number of halogens is 6. The van der Waals surface area contributed by atoms with Gasteiger partial charge in [0.1, 0.15) is 11.6 Å². The molecular formula is C21H15F6N3O3. The summed E-state index contributed by atoms with van der Waals surface area (Å²) in [6.45, 7) is 0. The highest BCUT2D eigenvalue weighted by Crippen LogP contribution is 2.39. The SMILES string of the molecule is O=C(Cc1cccc(OC(F)(F)F)c1)Nn1c(C2CC2)nc2cc(C(F)(F)F)ccc2c1=O. The number of hydrogen-bond acceptors (Lipinski definition) is 4. The average molecular weight is 471 g/mol. The molecule has 33 heavy (non-hydrogen) atoms. The van der Waals surface area contributed by atoms with Crippen molar-refractivity contribution in [2.24, 2.45) is 0 Å². The Balaban J connectivity index is 1.62. The number of carbonyl (C=O) groups excluding carboxylic acids is 1. The van der Waals surface area contributed by atoms with Crippen LogP contribution in [0.25, 0.3) is 10.9 Å². The highest BCUT2D eigenvalue weighted by molar-refractivity contribution is 5.86. The van der Waals surface area contributed by atoms with E-state index in [1.165, 1.54) is 12.1 Å². The zero-order chi connectivity index (χ0) is 24.0. The first-order chi connectivity index (χ1) is 15.4. The van der Waals surface area contributed by atoms with E-state index < -0.39 is 35.3 Å². The third-order valence-corrected chi connectivity index (χ3v) is 4.90. The molecular weight excluding hydrogens is 456 g/mol. The molecule has 0 spiro atoms. The Morgan fingerprint density at radius 3 is 2.45 bits per heavy atom. The molecule has 1 aliphatic rings.